The Morgan fingerprint density at radius 2 is 1.96 bits per heavy atom. The Bertz CT molecular complexity index is 516. The topological polar surface area (TPSA) is 95.6 Å². The van der Waals surface area contributed by atoms with Crippen molar-refractivity contribution in [3.8, 4) is 0 Å². The predicted octanol–water partition coefficient (Wildman–Crippen LogP) is 1.74. The molecule has 9 heteroatoms. The van der Waals surface area contributed by atoms with Gasteiger partial charge in [-0.3, -0.25) is 9.79 Å². The van der Waals surface area contributed by atoms with E-state index in [1.807, 2.05) is 25.7 Å². The van der Waals surface area contributed by atoms with Crippen LogP contribution in [0.5, 0.6) is 0 Å². The Morgan fingerprint density at radius 1 is 1.24 bits per heavy atom. The van der Waals surface area contributed by atoms with Gasteiger partial charge in [0.05, 0.1) is 0 Å². The fourth-order valence-corrected chi connectivity index (χ4v) is 2.23. The highest BCUT2D eigenvalue weighted by molar-refractivity contribution is 14.0. The summed E-state index contributed by atoms with van der Waals surface area (Å²) in [5, 5.41) is 10.1. The summed E-state index contributed by atoms with van der Waals surface area (Å²) in [7, 11) is 0. The lowest BCUT2D eigenvalue weighted by Crippen LogP contribution is -2.40. The second kappa shape index (κ2) is 13.9. The third-order valence-corrected chi connectivity index (χ3v) is 3.48. The van der Waals surface area contributed by atoms with Crippen LogP contribution >= 0.6 is 24.0 Å². The summed E-state index contributed by atoms with van der Waals surface area (Å²) in [5.41, 5.74) is 0. The van der Waals surface area contributed by atoms with Gasteiger partial charge in [0, 0.05) is 45.6 Å². The molecule has 1 rings (SSSR count). The normalized spacial score (nSPS) is 11.0. The Kier molecular flexibility index (Phi) is 13.1. The van der Waals surface area contributed by atoms with Gasteiger partial charge in [0.1, 0.15) is 0 Å². The molecular weight excluding hydrogens is 435 g/mol. The van der Waals surface area contributed by atoms with Crippen molar-refractivity contribution >= 4 is 35.8 Å². The minimum Gasteiger partial charge on any atom is -0.357 e. The molecule has 1 aromatic heterocycles. The van der Waals surface area contributed by atoms with Gasteiger partial charge in [-0.05, 0) is 34.1 Å². The first kappa shape index (κ1) is 23.6. The van der Waals surface area contributed by atoms with Crippen molar-refractivity contribution in [1.29, 1.82) is 0 Å². The number of nitrogens with one attached hydrogen (secondary N) is 2. The summed E-state index contributed by atoms with van der Waals surface area (Å²) in [4.78, 5) is 22.5. The summed E-state index contributed by atoms with van der Waals surface area (Å²) in [6.07, 6.45) is 2.01. The van der Waals surface area contributed by atoms with Crippen LogP contribution in [-0.2, 0) is 11.2 Å². The summed E-state index contributed by atoms with van der Waals surface area (Å²) in [6, 6.07) is 0. The molecule has 0 unspecified atom stereocenters. The van der Waals surface area contributed by atoms with Crippen LogP contribution in [0.3, 0.4) is 0 Å². The first-order valence-corrected chi connectivity index (χ1v) is 8.69. The molecule has 0 saturated heterocycles. The van der Waals surface area contributed by atoms with Crippen LogP contribution in [-0.4, -0.2) is 59.6 Å². The maximum atomic E-state index is 12.0. The van der Waals surface area contributed by atoms with Gasteiger partial charge in [0.25, 0.3) is 0 Å². The molecule has 25 heavy (non-hydrogen) atoms. The molecule has 2 N–H and O–H groups in total. The van der Waals surface area contributed by atoms with Crippen molar-refractivity contribution in [2.45, 2.75) is 47.0 Å². The van der Waals surface area contributed by atoms with Gasteiger partial charge in [-0.25, -0.2) is 0 Å². The zero-order valence-electron chi connectivity index (χ0n) is 15.7. The fourth-order valence-electron chi connectivity index (χ4n) is 2.23. The summed E-state index contributed by atoms with van der Waals surface area (Å²) in [6.45, 7) is 11.3. The second-order valence-corrected chi connectivity index (χ2v) is 5.34. The Labute approximate surface area is 167 Å². The number of aryl methyl sites for hydroxylation is 2. The van der Waals surface area contributed by atoms with Crippen LogP contribution in [0.2, 0.25) is 0 Å². The number of halogens is 1. The number of amides is 1. The quantitative estimate of drug-likeness (QED) is 0.236. The molecule has 1 aromatic rings. The summed E-state index contributed by atoms with van der Waals surface area (Å²) < 4.78 is 5.07. The van der Waals surface area contributed by atoms with E-state index in [1.54, 1.807) is 6.92 Å². The highest BCUT2D eigenvalue weighted by Crippen LogP contribution is 2.00. The SMILES string of the molecule is CCNC(=NCCCc1nc(C)no1)NCCC(=O)N(CC)CC.I. The molecule has 0 aliphatic rings. The van der Waals surface area contributed by atoms with Gasteiger partial charge < -0.3 is 20.1 Å². The average molecular weight is 466 g/mol. The van der Waals surface area contributed by atoms with E-state index in [0.717, 1.165) is 32.0 Å². The van der Waals surface area contributed by atoms with E-state index in [-0.39, 0.29) is 29.9 Å². The number of hydrogen-bond acceptors (Lipinski definition) is 5. The molecule has 1 heterocycles. The predicted molar refractivity (Wildman–Crippen MR) is 109 cm³/mol. The molecule has 0 radical (unpaired) electrons. The number of carbonyl (C=O) groups is 1. The van der Waals surface area contributed by atoms with Crippen molar-refractivity contribution in [2.24, 2.45) is 4.99 Å². The number of aliphatic imine (C=N–C) groups is 1. The van der Waals surface area contributed by atoms with Gasteiger partial charge >= 0.3 is 0 Å². The minimum absolute atomic E-state index is 0. The number of guanidine groups is 1. The van der Waals surface area contributed by atoms with Crippen LogP contribution < -0.4 is 10.6 Å². The van der Waals surface area contributed by atoms with E-state index in [4.69, 9.17) is 4.52 Å². The highest BCUT2D eigenvalue weighted by Gasteiger charge is 2.09. The molecule has 8 nitrogen and oxygen atoms in total. The Hall–Kier alpha value is -1.39. The second-order valence-electron chi connectivity index (χ2n) is 5.34. The van der Waals surface area contributed by atoms with Crippen molar-refractivity contribution in [2.75, 3.05) is 32.7 Å². The molecule has 1 amide bonds. The van der Waals surface area contributed by atoms with Crippen LogP contribution in [0.1, 0.15) is 45.3 Å². The fraction of sp³-hybridized carbons (Fsp3) is 0.750. The van der Waals surface area contributed by atoms with Gasteiger partial charge in [-0.1, -0.05) is 5.16 Å². The first-order chi connectivity index (χ1) is 11.6. The van der Waals surface area contributed by atoms with Gasteiger partial charge in [0.15, 0.2) is 11.8 Å². The average Bonchev–Trinajstić information content (AvgIpc) is 2.98. The van der Waals surface area contributed by atoms with Crippen LogP contribution in [0.25, 0.3) is 0 Å². The molecule has 0 atom stereocenters. The monoisotopic (exact) mass is 466 g/mol. The molecular formula is C16H31IN6O2. The van der Waals surface area contributed by atoms with E-state index >= 15 is 0 Å². The molecule has 0 spiro atoms. The zero-order chi connectivity index (χ0) is 17.8. The summed E-state index contributed by atoms with van der Waals surface area (Å²) >= 11 is 0. The molecule has 0 saturated carbocycles. The summed E-state index contributed by atoms with van der Waals surface area (Å²) in [5.74, 6) is 2.19. The van der Waals surface area contributed by atoms with Crippen LogP contribution in [0.15, 0.2) is 9.52 Å². The maximum absolute atomic E-state index is 12.0. The number of rotatable bonds is 10. The third-order valence-electron chi connectivity index (χ3n) is 3.48. The highest BCUT2D eigenvalue weighted by atomic mass is 127. The lowest BCUT2D eigenvalue weighted by molar-refractivity contribution is -0.130. The lowest BCUT2D eigenvalue weighted by Gasteiger charge is -2.19. The van der Waals surface area contributed by atoms with E-state index < -0.39 is 0 Å². The first-order valence-electron chi connectivity index (χ1n) is 8.69. The molecule has 0 aliphatic heterocycles. The maximum Gasteiger partial charge on any atom is 0.226 e. The van der Waals surface area contributed by atoms with Crippen molar-refractivity contribution in [3.05, 3.63) is 11.7 Å². The van der Waals surface area contributed by atoms with Crippen molar-refractivity contribution in [1.82, 2.24) is 25.7 Å². The zero-order valence-corrected chi connectivity index (χ0v) is 18.0. The number of carbonyl (C=O) groups excluding carboxylic acids is 1. The molecule has 0 fully saturated rings. The third kappa shape index (κ3) is 9.61. The largest absolute Gasteiger partial charge is 0.357 e. The van der Waals surface area contributed by atoms with Gasteiger partial charge in [-0.2, -0.15) is 4.98 Å². The van der Waals surface area contributed by atoms with Gasteiger partial charge in [-0.15, -0.1) is 24.0 Å². The van der Waals surface area contributed by atoms with Crippen LogP contribution in [0.4, 0.5) is 0 Å². The number of hydrogen-bond donors (Lipinski definition) is 2. The standard InChI is InChI=1S/C16H30N6O2.HI/c1-5-17-16(19-12-10-15(23)22(6-2)7-3)18-11-8-9-14-20-13(4)21-24-14;/h5-12H2,1-4H3,(H2,17,18,19);1H. The molecule has 0 bridgehead atoms. The minimum atomic E-state index is 0. The molecule has 0 aliphatic carbocycles. The van der Waals surface area contributed by atoms with Crippen molar-refractivity contribution in [3.63, 3.8) is 0 Å². The van der Waals surface area contributed by atoms with Gasteiger partial charge in [0.2, 0.25) is 11.8 Å². The number of nitrogens with zero attached hydrogens (tertiary/aromatic N) is 4. The smallest absolute Gasteiger partial charge is 0.226 e. The Morgan fingerprint density at radius 3 is 2.52 bits per heavy atom. The Balaban J connectivity index is 0.00000576. The van der Waals surface area contributed by atoms with Crippen molar-refractivity contribution < 1.29 is 9.32 Å². The molecule has 144 valence electrons. The van der Waals surface area contributed by atoms with E-state index in [0.29, 0.717) is 37.6 Å². The molecule has 0 aromatic carbocycles. The van der Waals surface area contributed by atoms with Crippen LogP contribution in [0, 0.1) is 6.92 Å². The van der Waals surface area contributed by atoms with E-state index in [9.17, 15) is 4.79 Å². The van der Waals surface area contributed by atoms with E-state index in [1.165, 1.54) is 0 Å². The van der Waals surface area contributed by atoms with E-state index in [2.05, 4.69) is 25.8 Å². The number of aromatic nitrogens is 2. The lowest BCUT2D eigenvalue weighted by atomic mass is 10.3.